The van der Waals surface area contributed by atoms with Crippen LogP contribution in [-0.4, -0.2) is 42.1 Å². The van der Waals surface area contributed by atoms with Crippen molar-refractivity contribution in [2.75, 3.05) is 27.2 Å². The third-order valence-corrected chi connectivity index (χ3v) is 3.43. The summed E-state index contributed by atoms with van der Waals surface area (Å²) >= 11 is 0. The molecule has 3 heteroatoms. The quantitative estimate of drug-likeness (QED) is 0.847. The molecule has 1 N–H and O–H groups in total. The lowest BCUT2D eigenvalue weighted by Crippen LogP contribution is -2.31. The molecule has 2 aromatic rings. The van der Waals surface area contributed by atoms with Crippen molar-refractivity contribution < 1.29 is 5.11 Å². The number of likely N-dealkylation sites (N-methyl/N-ethyl adjacent to an activating group) is 1. The fourth-order valence-electron chi connectivity index (χ4n) is 2.31. The van der Waals surface area contributed by atoms with Crippen LogP contribution < -0.4 is 0 Å². The van der Waals surface area contributed by atoms with Gasteiger partial charge in [-0.2, -0.15) is 0 Å². The molecule has 0 radical (unpaired) electrons. The van der Waals surface area contributed by atoms with Crippen LogP contribution in [0.25, 0.3) is 0 Å². The first-order valence-corrected chi connectivity index (χ1v) is 7.32. The lowest BCUT2D eigenvalue weighted by molar-refractivity contribution is 0.226. The number of hydrogen-bond acceptors (Lipinski definition) is 3. The second kappa shape index (κ2) is 7.81. The van der Waals surface area contributed by atoms with Crippen LogP contribution in [0.2, 0.25) is 0 Å². The minimum atomic E-state index is 0.333. The number of nitrogens with zero attached hydrogens (tertiary/aromatic N) is 2. The lowest BCUT2D eigenvalue weighted by atomic mass is 10.1. The summed E-state index contributed by atoms with van der Waals surface area (Å²) in [5.74, 6) is 0.333. The van der Waals surface area contributed by atoms with Crippen molar-refractivity contribution in [3.05, 3.63) is 65.7 Å². The van der Waals surface area contributed by atoms with Crippen molar-refractivity contribution in [1.29, 1.82) is 0 Å². The molecule has 0 amide bonds. The Hall–Kier alpha value is -1.84. The van der Waals surface area contributed by atoms with Crippen molar-refractivity contribution in [2.45, 2.75) is 13.1 Å². The number of phenolic OH excluding ortho intramolecular Hbond substituents is 1. The van der Waals surface area contributed by atoms with Gasteiger partial charge in [-0.1, -0.05) is 42.5 Å². The topological polar surface area (TPSA) is 26.7 Å². The van der Waals surface area contributed by atoms with Crippen LogP contribution in [-0.2, 0) is 13.1 Å². The Labute approximate surface area is 127 Å². The molecule has 0 heterocycles. The van der Waals surface area contributed by atoms with E-state index in [-0.39, 0.29) is 0 Å². The van der Waals surface area contributed by atoms with Crippen LogP contribution in [0, 0.1) is 0 Å². The van der Waals surface area contributed by atoms with Gasteiger partial charge in [-0.25, -0.2) is 0 Å². The number of phenols is 1. The first-order chi connectivity index (χ1) is 10.1. The highest BCUT2D eigenvalue weighted by Gasteiger charge is 2.08. The predicted molar refractivity (Wildman–Crippen MR) is 87.2 cm³/mol. The molecule has 112 valence electrons. The zero-order chi connectivity index (χ0) is 15.1. The monoisotopic (exact) mass is 284 g/mol. The maximum absolute atomic E-state index is 9.61. The molecule has 0 bridgehead atoms. The van der Waals surface area contributed by atoms with Crippen molar-refractivity contribution in [2.24, 2.45) is 0 Å². The Morgan fingerprint density at radius 3 is 2.14 bits per heavy atom. The summed E-state index contributed by atoms with van der Waals surface area (Å²) in [4.78, 5) is 4.60. The second-order valence-corrected chi connectivity index (χ2v) is 5.67. The first kappa shape index (κ1) is 15.5. The molecular formula is C18H24N2O. The van der Waals surface area contributed by atoms with Gasteiger partial charge in [0.05, 0.1) is 0 Å². The van der Waals surface area contributed by atoms with Crippen LogP contribution in [0.15, 0.2) is 54.6 Å². The zero-order valence-electron chi connectivity index (χ0n) is 12.9. The molecule has 0 saturated carbocycles. The largest absolute Gasteiger partial charge is 0.508 e. The Balaban J connectivity index is 2.04. The summed E-state index contributed by atoms with van der Waals surface area (Å²) in [6.45, 7) is 3.78. The second-order valence-electron chi connectivity index (χ2n) is 5.67. The summed E-state index contributed by atoms with van der Waals surface area (Å²) in [6.07, 6.45) is 0. The molecule has 0 aliphatic heterocycles. The minimum Gasteiger partial charge on any atom is -0.508 e. The van der Waals surface area contributed by atoms with Crippen molar-refractivity contribution in [3.63, 3.8) is 0 Å². The highest BCUT2D eigenvalue weighted by Crippen LogP contribution is 2.14. The van der Waals surface area contributed by atoms with Crippen LogP contribution in [0.3, 0.4) is 0 Å². The maximum Gasteiger partial charge on any atom is 0.115 e. The maximum atomic E-state index is 9.61. The number of rotatable bonds is 7. The van der Waals surface area contributed by atoms with Gasteiger partial charge in [0.15, 0.2) is 0 Å². The van der Waals surface area contributed by atoms with Gasteiger partial charge < -0.3 is 10.0 Å². The molecule has 0 unspecified atom stereocenters. The lowest BCUT2D eigenvalue weighted by Gasteiger charge is -2.24. The molecule has 21 heavy (non-hydrogen) atoms. The zero-order valence-corrected chi connectivity index (χ0v) is 12.9. The summed E-state index contributed by atoms with van der Waals surface area (Å²) in [6, 6.07) is 18.0. The van der Waals surface area contributed by atoms with Crippen molar-refractivity contribution in [1.82, 2.24) is 9.80 Å². The van der Waals surface area contributed by atoms with E-state index in [0.29, 0.717) is 5.75 Å². The average Bonchev–Trinajstić information content (AvgIpc) is 2.46. The summed E-state index contributed by atoms with van der Waals surface area (Å²) in [5.41, 5.74) is 2.46. The highest BCUT2D eigenvalue weighted by atomic mass is 16.3. The molecule has 0 aliphatic rings. The molecule has 3 nitrogen and oxygen atoms in total. The van der Waals surface area contributed by atoms with E-state index >= 15 is 0 Å². The van der Waals surface area contributed by atoms with E-state index in [4.69, 9.17) is 0 Å². The Bertz CT molecular complexity index is 540. The molecule has 0 fully saturated rings. The van der Waals surface area contributed by atoms with E-state index in [2.05, 4.69) is 54.2 Å². The van der Waals surface area contributed by atoms with E-state index in [1.165, 1.54) is 5.56 Å². The third-order valence-electron chi connectivity index (χ3n) is 3.43. The standard InChI is InChI=1S/C18H24N2O/c1-19(2)11-12-20(14-16-7-4-3-5-8-16)15-17-9-6-10-18(21)13-17/h3-10,13,21H,11-12,14-15H2,1-2H3. The molecule has 2 aromatic carbocycles. The number of aromatic hydroxyl groups is 1. The van der Waals surface area contributed by atoms with Gasteiger partial charge in [0.25, 0.3) is 0 Å². The highest BCUT2D eigenvalue weighted by molar-refractivity contribution is 5.27. The fourth-order valence-corrected chi connectivity index (χ4v) is 2.31. The first-order valence-electron chi connectivity index (χ1n) is 7.32. The summed E-state index contributed by atoms with van der Waals surface area (Å²) < 4.78 is 0. The minimum absolute atomic E-state index is 0.333. The number of benzene rings is 2. The van der Waals surface area contributed by atoms with E-state index in [1.807, 2.05) is 18.2 Å². The summed E-state index contributed by atoms with van der Waals surface area (Å²) in [5, 5.41) is 9.61. The van der Waals surface area contributed by atoms with Gasteiger partial charge >= 0.3 is 0 Å². The molecule has 0 saturated heterocycles. The Kier molecular flexibility index (Phi) is 5.78. The van der Waals surface area contributed by atoms with Gasteiger partial charge in [-0.05, 0) is 37.4 Å². The number of hydrogen-bond donors (Lipinski definition) is 1. The molecular weight excluding hydrogens is 260 g/mol. The van der Waals surface area contributed by atoms with Gasteiger partial charge in [-0.3, -0.25) is 4.90 Å². The Morgan fingerprint density at radius 1 is 0.810 bits per heavy atom. The fraction of sp³-hybridized carbons (Fsp3) is 0.333. The third kappa shape index (κ3) is 5.58. The SMILES string of the molecule is CN(C)CCN(Cc1ccccc1)Cc1cccc(O)c1. The van der Waals surface area contributed by atoms with Gasteiger partial charge in [0, 0.05) is 26.2 Å². The van der Waals surface area contributed by atoms with Crippen LogP contribution >= 0.6 is 0 Å². The smallest absolute Gasteiger partial charge is 0.115 e. The van der Waals surface area contributed by atoms with E-state index in [1.54, 1.807) is 6.07 Å². The molecule has 0 spiro atoms. The van der Waals surface area contributed by atoms with Gasteiger partial charge in [0.1, 0.15) is 5.75 Å². The van der Waals surface area contributed by atoms with E-state index in [9.17, 15) is 5.11 Å². The summed E-state index contributed by atoms with van der Waals surface area (Å²) in [7, 11) is 4.18. The Morgan fingerprint density at radius 2 is 1.48 bits per heavy atom. The molecule has 0 aliphatic carbocycles. The van der Waals surface area contributed by atoms with Crippen LogP contribution in [0.4, 0.5) is 0 Å². The molecule has 0 atom stereocenters. The van der Waals surface area contributed by atoms with Crippen LogP contribution in [0.1, 0.15) is 11.1 Å². The van der Waals surface area contributed by atoms with Crippen molar-refractivity contribution in [3.8, 4) is 5.75 Å². The van der Waals surface area contributed by atoms with Crippen LogP contribution in [0.5, 0.6) is 5.75 Å². The van der Waals surface area contributed by atoms with E-state index in [0.717, 1.165) is 31.7 Å². The molecule has 0 aromatic heterocycles. The normalized spacial score (nSPS) is 11.2. The average molecular weight is 284 g/mol. The van der Waals surface area contributed by atoms with E-state index < -0.39 is 0 Å². The molecule has 2 rings (SSSR count). The van der Waals surface area contributed by atoms with Gasteiger partial charge in [0.2, 0.25) is 0 Å². The van der Waals surface area contributed by atoms with Crippen molar-refractivity contribution >= 4 is 0 Å². The predicted octanol–water partition coefficient (Wildman–Crippen LogP) is 2.96. The van der Waals surface area contributed by atoms with Gasteiger partial charge in [-0.15, -0.1) is 0 Å².